The summed E-state index contributed by atoms with van der Waals surface area (Å²) in [5.41, 5.74) is 6.62. The molecule has 0 aliphatic rings. The third-order valence-electron chi connectivity index (χ3n) is 3.94. The molecule has 0 amide bonds. The lowest BCUT2D eigenvalue weighted by Gasteiger charge is -2.11. The minimum atomic E-state index is -3.71. The van der Waals surface area contributed by atoms with Crippen LogP contribution in [0.1, 0.15) is 28.4 Å². The van der Waals surface area contributed by atoms with E-state index in [0.717, 1.165) is 18.2 Å². The number of hydrogen-bond donors (Lipinski definition) is 3. The number of rotatable bonds is 5. The monoisotopic (exact) mass is 376 g/mol. The Labute approximate surface area is 149 Å². The van der Waals surface area contributed by atoms with Gasteiger partial charge in [-0.05, 0) is 30.2 Å². The predicted octanol–water partition coefficient (Wildman–Crippen LogP) is 2.45. The fourth-order valence-corrected chi connectivity index (χ4v) is 3.22. The van der Waals surface area contributed by atoms with Crippen LogP contribution in [-0.4, -0.2) is 30.4 Å². The number of H-pyrrole nitrogens is 1. The highest BCUT2D eigenvalue weighted by Gasteiger charge is 2.24. The van der Waals surface area contributed by atoms with Crippen LogP contribution in [0.3, 0.4) is 0 Å². The first kappa shape index (κ1) is 17.9. The molecule has 0 aliphatic carbocycles. The SMILES string of the molecule is CCc1cnc2[nH]cc(C(=O)c3c(N)ccc(NS(C)(=O)=O)c3F)c2c1. The summed E-state index contributed by atoms with van der Waals surface area (Å²) in [5, 5.41) is 0.551. The molecule has 0 radical (unpaired) electrons. The number of carbonyl (C=O) groups excluding carboxylic acids is 1. The van der Waals surface area contributed by atoms with E-state index in [0.29, 0.717) is 11.0 Å². The van der Waals surface area contributed by atoms with Gasteiger partial charge in [0.15, 0.2) is 11.6 Å². The Kier molecular flexibility index (Phi) is 4.41. The zero-order chi connectivity index (χ0) is 19.1. The van der Waals surface area contributed by atoms with Crippen molar-refractivity contribution in [1.29, 1.82) is 0 Å². The maximum absolute atomic E-state index is 14.8. The van der Waals surface area contributed by atoms with Crippen LogP contribution in [-0.2, 0) is 16.4 Å². The number of anilines is 2. The first-order chi connectivity index (χ1) is 12.2. The molecular weight excluding hydrogens is 359 g/mol. The molecule has 2 aromatic heterocycles. The predicted molar refractivity (Wildman–Crippen MR) is 98.2 cm³/mol. The van der Waals surface area contributed by atoms with E-state index < -0.39 is 21.6 Å². The maximum atomic E-state index is 14.8. The zero-order valence-corrected chi connectivity index (χ0v) is 14.9. The highest BCUT2D eigenvalue weighted by atomic mass is 32.2. The summed E-state index contributed by atoms with van der Waals surface area (Å²) in [6.45, 7) is 1.95. The normalized spacial score (nSPS) is 11.7. The molecule has 7 nitrogen and oxygen atoms in total. The van der Waals surface area contributed by atoms with E-state index in [1.807, 2.05) is 11.6 Å². The van der Waals surface area contributed by atoms with E-state index in [-0.39, 0.29) is 22.5 Å². The number of aromatic nitrogens is 2. The van der Waals surface area contributed by atoms with Crippen molar-refractivity contribution in [3.63, 3.8) is 0 Å². The molecule has 0 fully saturated rings. The number of aromatic amines is 1. The molecule has 0 aliphatic heterocycles. The Morgan fingerprint density at radius 3 is 2.77 bits per heavy atom. The molecule has 26 heavy (non-hydrogen) atoms. The Hall–Kier alpha value is -2.94. The average molecular weight is 376 g/mol. The summed E-state index contributed by atoms with van der Waals surface area (Å²) in [4.78, 5) is 20.0. The fourth-order valence-electron chi connectivity index (χ4n) is 2.66. The number of nitrogens with zero attached hydrogens (tertiary/aromatic N) is 1. The number of nitrogens with two attached hydrogens (primary N) is 1. The summed E-state index contributed by atoms with van der Waals surface area (Å²) in [6.07, 6.45) is 4.75. The molecule has 3 rings (SSSR count). The third-order valence-corrected chi connectivity index (χ3v) is 4.53. The molecule has 4 N–H and O–H groups in total. The smallest absolute Gasteiger partial charge is 0.229 e. The maximum Gasteiger partial charge on any atom is 0.229 e. The van der Waals surface area contributed by atoms with E-state index in [9.17, 15) is 17.6 Å². The van der Waals surface area contributed by atoms with Gasteiger partial charge in [0.05, 0.1) is 17.5 Å². The summed E-state index contributed by atoms with van der Waals surface area (Å²) >= 11 is 0. The standard InChI is InChI=1S/C17H17FN4O3S/c1-3-9-6-10-11(8-21-17(10)20-7-9)16(23)14-12(19)4-5-13(15(14)18)22-26(2,24)25/h4-8,22H,3,19H2,1-2H3,(H,20,21). The quantitative estimate of drug-likeness (QED) is 0.467. The minimum absolute atomic E-state index is 0.0829. The van der Waals surface area contributed by atoms with Crippen LogP contribution in [0.15, 0.2) is 30.6 Å². The van der Waals surface area contributed by atoms with Crippen molar-refractivity contribution >= 4 is 38.2 Å². The molecule has 9 heteroatoms. The van der Waals surface area contributed by atoms with Crippen LogP contribution < -0.4 is 10.5 Å². The summed E-state index contributed by atoms with van der Waals surface area (Å²) in [5.74, 6) is -1.67. The number of fused-ring (bicyclic) bond motifs is 1. The molecule has 3 aromatic rings. The highest BCUT2D eigenvalue weighted by Crippen LogP contribution is 2.29. The number of sulfonamides is 1. The number of aryl methyl sites for hydroxylation is 1. The van der Waals surface area contributed by atoms with Gasteiger partial charge in [-0.1, -0.05) is 6.92 Å². The topological polar surface area (TPSA) is 118 Å². The van der Waals surface area contributed by atoms with Gasteiger partial charge in [-0.15, -0.1) is 0 Å². The lowest BCUT2D eigenvalue weighted by atomic mass is 10.00. The van der Waals surface area contributed by atoms with Gasteiger partial charge in [0, 0.05) is 29.0 Å². The Morgan fingerprint density at radius 2 is 2.12 bits per heavy atom. The lowest BCUT2D eigenvalue weighted by Crippen LogP contribution is -2.15. The molecule has 0 unspecified atom stereocenters. The molecule has 0 saturated carbocycles. The molecule has 136 valence electrons. The number of nitrogen functional groups attached to an aromatic ring is 1. The van der Waals surface area contributed by atoms with E-state index in [2.05, 4.69) is 9.97 Å². The van der Waals surface area contributed by atoms with Gasteiger partial charge in [0.25, 0.3) is 0 Å². The molecule has 1 aromatic carbocycles. The molecule has 0 bridgehead atoms. The number of nitrogens with one attached hydrogen (secondary N) is 2. The lowest BCUT2D eigenvalue weighted by molar-refractivity contribution is 0.103. The van der Waals surface area contributed by atoms with Crippen molar-refractivity contribution in [3.05, 3.63) is 53.1 Å². The Balaban J connectivity index is 2.15. The fraction of sp³-hybridized carbons (Fsp3) is 0.176. The molecular formula is C17H17FN4O3S. The van der Waals surface area contributed by atoms with E-state index in [4.69, 9.17) is 5.73 Å². The second-order valence-corrected chi connectivity index (χ2v) is 7.64. The Bertz CT molecular complexity index is 1120. The van der Waals surface area contributed by atoms with Crippen LogP contribution in [0.5, 0.6) is 0 Å². The average Bonchev–Trinajstić information content (AvgIpc) is 2.99. The van der Waals surface area contributed by atoms with Gasteiger partial charge < -0.3 is 10.7 Å². The number of hydrogen-bond acceptors (Lipinski definition) is 5. The molecule has 0 spiro atoms. The van der Waals surface area contributed by atoms with Crippen molar-refractivity contribution < 1.29 is 17.6 Å². The van der Waals surface area contributed by atoms with Crippen LogP contribution in [0.2, 0.25) is 0 Å². The van der Waals surface area contributed by atoms with Crippen molar-refractivity contribution in [2.24, 2.45) is 0 Å². The van der Waals surface area contributed by atoms with E-state index in [1.54, 1.807) is 12.3 Å². The summed E-state index contributed by atoms with van der Waals surface area (Å²) in [7, 11) is -3.71. The van der Waals surface area contributed by atoms with Gasteiger partial charge >= 0.3 is 0 Å². The summed E-state index contributed by atoms with van der Waals surface area (Å²) < 4.78 is 39.6. The largest absolute Gasteiger partial charge is 0.398 e. The Morgan fingerprint density at radius 1 is 1.38 bits per heavy atom. The van der Waals surface area contributed by atoms with Gasteiger partial charge in [-0.2, -0.15) is 0 Å². The number of benzene rings is 1. The molecule has 2 heterocycles. The highest BCUT2D eigenvalue weighted by molar-refractivity contribution is 7.92. The van der Waals surface area contributed by atoms with E-state index in [1.165, 1.54) is 18.3 Å². The third kappa shape index (κ3) is 3.25. The van der Waals surface area contributed by atoms with Crippen molar-refractivity contribution in [3.8, 4) is 0 Å². The first-order valence-corrected chi connectivity index (χ1v) is 9.67. The second-order valence-electron chi connectivity index (χ2n) is 5.89. The van der Waals surface area contributed by atoms with Crippen molar-refractivity contribution in [2.45, 2.75) is 13.3 Å². The zero-order valence-electron chi connectivity index (χ0n) is 14.1. The van der Waals surface area contributed by atoms with Crippen molar-refractivity contribution in [2.75, 3.05) is 16.7 Å². The van der Waals surface area contributed by atoms with Gasteiger partial charge in [0.1, 0.15) is 5.65 Å². The van der Waals surface area contributed by atoms with Gasteiger partial charge in [0.2, 0.25) is 10.0 Å². The van der Waals surface area contributed by atoms with Crippen molar-refractivity contribution in [1.82, 2.24) is 9.97 Å². The van der Waals surface area contributed by atoms with E-state index >= 15 is 0 Å². The molecule has 0 saturated heterocycles. The second kappa shape index (κ2) is 6.41. The number of halogens is 1. The van der Waals surface area contributed by atoms with Crippen LogP contribution >= 0.6 is 0 Å². The number of pyridine rings is 1. The first-order valence-electron chi connectivity index (χ1n) is 7.77. The number of ketones is 1. The van der Waals surface area contributed by atoms with Crippen LogP contribution in [0.4, 0.5) is 15.8 Å². The number of carbonyl (C=O) groups is 1. The summed E-state index contributed by atoms with van der Waals surface area (Å²) in [6, 6.07) is 4.27. The molecule has 0 atom stereocenters. The van der Waals surface area contributed by atoms with Crippen LogP contribution in [0, 0.1) is 5.82 Å². The van der Waals surface area contributed by atoms with Gasteiger partial charge in [-0.25, -0.2) is 17.8 Å². The van der Waals surface area contributed by atoms with Crippen LogP contribution in [0.25, 0.3) is 11.0 Å². The minimum Gasteiger partial charge on any atom is -0.398 e. The van der Waals surface area contributed by atoms with Gasteiger partial charge in [-0.3, -0.25) is 9.52 Å².